The van der Waals surface area contributed by atoms with E-state index in [2.05, 4.69) is 25.8 Å². The molecule has 0 saturated heterocycles. The van der Waals surface area contributed by atoms with Gasteiger partial charge < -0.3 is 15.0 Å². The lowest BCUT2D eigenvalue weighted by Crippen LogP contribution is -2.19. The molecule has 29 heavy (non-hydrogen) atoms. The van der Waals surface area contributed by atoms with Crippen LogP contribution >= 0.6 is 11.6 Å². The monoisotopic (exact) mass is 414 g/mol. The van der Waals surface area contributed by atoms with Gasteiger partial charge in [0.05, 0.1) is 18.7 Å². The van der Waals surface area contributed by atoms with Gasteiger partial charge >= 0.3 is 0 Å². The molecule has 10 heteroatoms. The largest absolute Gasteiger partial charge is 0.494 e. The number of pyridine rings is 1. The van der Waals surface area contributed by atoms with Crippen LogP contribution in [0.3, 0.4) is 0 Å². The van der Waals surface area contributed by atoms with Crippen LogP contribution in [0.25, 0.3) is 16.6 Å². The molecular formula is C19H16ClFN6O2. The molecule has 4 rings (SSSR count). The number of anilines is 1. The fraction of sp³-hybridized carbons (Fsp3) is 0.158. The molecule has 148 valence electrons. The number of rotatable bonds is 5. The number of hydrogen-bond acceptors (Lipinski definition) is 6. The van der Waals surface area contributed by atoms with Crippen molar-refractivity contribution in [3.63, 3.8) is 0 Å². The van der Waals surface area contributed by atoms with E-state index in [0.29, 0.717) is 22.4 Å². The first-order valence-corrected chi connectivity index (χ1v) is 9.04. The van der Waals surface area contributed by atoms with Crippen molar-refractivity contribution in [1.29, 1.82) is 0 Å². The maximum absolute atomic E-state index is 13.6. The lowest BCUT2D eigenvalue weighted by Gasteiger charge is -2.17. The standard InChI is InChI=1S/C19H16ClFN6O2/c1-10(13-7-11-3-5-14(21)17(20)18(11)24-19(13)28)23-12-4-6-15(16(8-12)29-2)27-9-22-25-26-27/h3-10,23H,1-2H3,(H,24,28)/t10-/m0/s1. The Morgan fingerprint density at radius 3 is 2.83 bits per heavy atom. The lowest BCUT2D eigenvalue weighted by atomic mass is 10.1. The van der Waals surface area contributed by atoms with Crippen LogP contribution in [-0.2, 0) is 0 Å². The Hall–Kier alpha value is -3.46. The number of benzene rings is 2. The van der Waals surface area contributed by atoms with Crippen LogP contribution in [0.5, 0.6) is 5.75 Å². The second-order valence-corrected chi connectivity index (χ2v) is 6.76. The Labute approximate surface area is 169 Å². The Kier molecular flexibility index (Phi) is 4.89. The number of fused-ring (bicyclic) bond motifs is 1. The highest BCUT2D eigenvalue weighted by Gasteiger charge is 2.15. The van der Waals surface area contributed by atoms with Gasteiger partial charge in [0.1, 0.15) is 28.6 Å². The Balaban J connectivity index is 1.66. The van der Waals surface area contributed by atoms with Crippen LogP contribution < -0.4 is 15.6 Å². The quantitative estimate of drug-likeness (QED) is 0.519. The summed E-state index contributed by atoms with van der Waals surface area (Å²) in [6.45, 7) is 1.85. The van der Waals surface area contributed by atoms with E-state index >= 15 is 0 Å². The molecule has 1 atom stereocenters. The summed E-state index contributed by atoms with van der Waals surface area (Å²) in [5, 5.41) is 14.9. The summed E-state index contributed by atoms with van der Waals surface area (Å²) in [6.07, 6.45) is 1.47. The summed E-state index contributed by atoms with van der Waals surface area (Å²) in [5.41, 5.74) is 1.84. The molecule has 2 aromatic carbocycles. The molecule has 2 heterocycles. The molecule has 0 radical (unpaired) electrons. The fourth-order valence-corrected chi connectivity index (χ4v) is 3.33. The number of ether oxygens (including phenoxy) is 1. The van der Waals surface area contributed by atoms with E-state index in [9.17, 15) is 9.18 Å². The van der Waals surface area contributed by atoms with Crippen molar-refractivity contribution in [3.05, 3.63) is 69.5 Å². The van der Waals surface area contributed by atoms with Gasteiger partial charge in [-0.3, -0.25) is 4.79 Å². The van der Waals surface area contributed by atoms with Crippen LogP contribution in [0.15, 0.2) is 47.5 Å². The van der Waals surface area contributed by atoms with E-state index in [4.69, 9.17) is 16.3 Å². The molecule has 0 spiro atoms. The van der Waals surface area contributed by atoms with Gasteiger partial charge in [0.15, 0.2) is 0 Å². The molecule has 0 aliphatic rings. The number of aromatic amines is 1. The minimum absolute atomic E-state index is 0.102. The third-order valence-corrected chi connectivity index (χ3v) is 4.93. The van der Waals surface area contributed by atoms with Crippen LogP contribution in [0, 0.1) is 5.82 Å². The lowest BCUT2D eigenvalue weighted by molar-refractivity contribution is 0.411. The summed E-state index contributed by atoms with van der Waals surface area (Å²) >= 11 is 5.96. The van der Waals surface area contributed by atoms with Gasteiger partial charge in [0.25, 0.3) is 5.56 Å². The van der Waals surface area contributed by atoms with E-state index < -0.39 is 5.82 Å². The highest BCUT2D eigenvalue weighted by Crippen LogP contribution is 2.29. The minimum atomic E-state index is -0.580. The van der Waals surface area contributed by atoms with Crippen LogP contribution in [0.1, 0.15) is 18.5 Å². The summed E-state index contributed by atoms with van der Waals surface area (Å²) in [6, 6.07) is 9.63. The van der Waals surface area contributed by atoms with Gasteiger partial charge in [0, 0.05) is 22.7 Å². The molecule has 0 saturated carbocycles. The Bertz CT molecular complexity index is 1240. The second kappa shape index (κ2) is 7.51. The molecular weight excluding hydrogens is 399 g/mol. The van der Waals surface area contributed by atoms with E-state index in [1.54, 1.807) is 31.4 Å². The molecule has 0 bridgehead atoms. The van der Waals surface area contributed by atoms with E-state index in [-0.39, 0.29) is 22.1 Å². The predicted octanol–water partition coefficient (Wildman–Crippen LogP) is 3.48. The van der Waals surface area contributed by atoms with Gasteiger partial charge in [-0.25, -0.2) is 4.39 Å². The number of halogens is 2. The van der Waals surface area contributed by atoms with Gasteiger partial charge in [-0.15, -0.1) is 5.10 Å². The van der Waals surface area contributed by atoms with Gasteiger partial charge in [-0.1, -0.05) is 11.6 Å². The van der Waals surface area contributed by atoms with E-state index in [1.807, 2.05) is 13.0 Å². The summed E-state index contributed by atoms with van der Waals surface area (Å²) < 4.78 is 20.6. The number of nitrogens with zero attached hydrogens (tertiary/aromatic N) is 4. The van der Waals surface area contributed by atoms with Crippen molar-refractivity contribution in [2.45, 2.75) is 13.0 Å². The maximum atomic E-state index is 13.6. The van der Waals surface area contributed by atoms with Crippen LogP contribution in [0.2, 0.25) is 5.02 Å². The molecule has 0 fully saturated rings. The van der Waals surface area contributed by atoms with Gasteiger partial charge in [0.2, 0.25) is 0 Å². The third kappa shape index (κ3) is 3.52. The van der Waals surface area contributed by atoms with Crippen molar-refractivity contribution < 1.29 is 9.13 Å². The average molecular weight is 415 g/mol. The van der Waals surface area contributed by atoms with E-state index in [1.165, 1.54) is 17.1 Å². The third-order valence-electron chi connectivity index (χ3n) is 4.56. The first kappa shape index (κ1) is 18.9. The molecule has 2 N–H and O–H groups in total. The van der Waals surface area contributed by atoms with Crippen LogP contribution in [0.4, 0.5) is 10.1 Å². The normalized spacial score (nSPS) is 12.1. The molecule has 0 aliphatic carbocycles. The first-order chi connectivity index (χ1) is 14.0. The average Bonchev–Trinajstić information content (AvgIpc) is 3.25. The zero-order chi connectivity index (χ0) is 20.5. The Morgan fingerprint density at radius 1 is 1.28 bits per heavy atom. The Morgan fingerprint density at radius 2 is 2.10 bits per heavy atom. The summed E-state index contributed by atoms with van der Waals surface area (Å²) in [7, 11) is 1.55. The molecule has 0 amide bonds. The minimum Gasteiger partial charge on any atom is -0.494 e. The predicted molar refractivity (Wildman–Crippen MR) is 107 cm³/mol. The topological polar surface area (TPSA) is 97.7 Å². The number of H-pyrrole nitrogens is 1. The molecule has 0 aliphatic heterocycles. The van der Waals surface area contributed by atoms with Crippen molar-refractivity contribution in [2.75, 3.05) is 12.4 Å². The first-order valence-electron chi connectivity index (χ1n) is 8.67. The zero-order valence-corrected chi connectivity index (χ0v) is 16.2. The highest BCUT2D eigenvalue weighted by atomic mass is 35.5. The molecule has 8 nitrogen and oxygen atoms in total. The highest BCUT2D eigenvalue weighted by molar-refractivity contribution is 6.35. The van der Waals surface area contributed by atoms with Gasteiger partial charge in [-0.2, -0.15) is 4.68 Å². The summed E-state index contributed by atoms with van der Waals surface area (Å²) in [5.74, 6) is -0.0207. The van der Waals surface area contributed by atoms with Crippen molar-refractivity contribution in [2.24, 2.45) is 0 Å². The fourth-order valence-electron chi connectivity index (χ4n) is 3.11. The second-order valence-electron chi connectivity index (χ2n) is 6.39. The zero-order valence-electron chi connectivity index (χ0n) is 15.5. The number of tetrazole rings is 1. The van der Waals surface area contributed by atoms with Gasteiger partial charge in [-0.05, 0) is 47.7 Å². The van der Waals surface area contributed by atoms with E-state index in [0.717, 1.165) is 5.69 Å². The summed E-state index contributed by atoms with van der Waals surface area (Å²) in [4.78, 5) is 15.2. The van der Waals surface area contributed by atoms with Crippen LogP contribution in [-0.4, -0.2) is 32.3 Å². The smallest absolute Gasteiger partial charge is 0.253 e. The van der Waals surface area contributed by atoms with Crippen molar-refractivity contribution >= 4 is 28.2 Å². The van der Waals surface area contributed by atoms with Crippen molar-refractivity contribution in [1.82, 2.24) is 25.2 Å². The molecule has 0 unspecified atom stereocenters. The number of hydrogen-bond donors (Lipinski definition) is 2. The van der Waals surface area contributed by atoms with Crippen molar-refractivity contribution in [3.8, 4) is 11.4 Å². The number of methoxy groups -OCH3 is 1. The number of aromatic nitrogens is 5. The number of nitrogens with one attached hydrogen (secondary N) is 2. The maximum Gasteiger partial charge on any atom is 0.253 e. The molecule has 2 aromatic heterocycles. The SMILES string of the molecule is COc1cc(N[C@@H](C)c2cc3ccc(F)c(Cl)c3[nH]c2=O)ccc1-n1cnnn1. The molecule has 4 aromatic rings.